The van der Waals surface area contributed by atoms with E-state index in [1.807, 2.05) is 6.08 Å². The minimum Gasteiger partial charge on any atom is -0.423 e. The Morgan fingerprint density at radius 1 is 1.50 bits per heavy atom. The molecule has 0 aromatic heterocycles. The van der Waals surface area contributed by atoms with E-state index in [4.69, 9.17) is 9.84 Å². The molecule has 1 atom stereocenters. The lowest BCUT2D eigenvalue weighted by molar-refractivity contribution is -0.192. The van der Waals surface area contributed by atoms with E-state index in [-0.39, 0.29) is 0 Å². The van der Waals surface area contributed by atoms with E-state index in [0.29, 0.717) is 11.1 Å². The molecule has 4 nitrogen and oxygen atoms in total. The summed E-state index contributed by atoms with van der Waals surface area (Å²) in [6.45, 7) is 3.06. The second kappa shape index (κ2) is 5.27. The smallest absolute Gasteiger partial charge is 0.341 e. The molecule has 0 fully saturated rings. The lowest BCUT2D eigenvalue weighted by Crippen LogP contribution is -2.35. The monoisotopic (exact) mass is 226 g/mol. The van der Waals surface area contributed by atoms with Gasteiger partial charge in [0.1, 0.15) is 6.61 Å². The zero-order valence-corrected chi connectivity index (χ0v) is 9.69. The first-order valence-corrected chi connectivity index (χ1v) is 5.49. The van der Waals surface area contributed by atoms with Crippen LogP contribution in [0.5, 0.6) is 0 Å². The van der Waals surface area contributed by atoms with Crippen LogP contribution in [-0.4, -0.2) is 28.6 Å². The molecule has 0 aromatic rings. The summed E-state index contributed by atoms with van der Waals surface area (Å²) < 4.78 is 4.72. The van der Waals surface area contributed by atoms with Gasteiger partial charge in [-0.05, 0) is 13.3 Å². The molecule has 1 rings (SSSR count). The van der Waals surface area contributed by atoms with Crippen LogP contribution in [0.4, 0.5) is 0 Å². The lowest BCUT2D eigenvalue weighted by atomic mass is 10.0. The first kappa shape index (κ1) is 12.9. The van der Waals surface area contributed by atoms with Crippen LogP contribution in [0, 0.1) is 0 Å². The summed E-state index contributed by atoms with van der Waals surface area (Å²) in [6, 6.07) is 0. The molecule has 0 spiro atoms. The molecule has 0 saturated heterocycles. The minimum atomic E-state index is -1.83. The largest absolute Gasteiger partial charge is 0.423 e. The molecule has 4 heteroatoms. The molecular formula is C12H18O4. The van der Waals surface area contributed by atoms with Crippen LogP contribution in [0.15, 0.2) is 23.3 Å². The van der Waals surface area contributed by atoms with Crippen LogP contribution in [0.1, 0.15) is 33.1 Å². The van der Waals surface area contributed by atoms with Crippen LogP contribution in [0.25, 0.3) is 0 Å². The van der Waals surface area contributed by atoms with Gasteiger partial charge in [0.15, 0.2) is 0 Å². The van der Waals surface area contributed by atoms with E-state index < -0.39 is 18.4 Å². The quantitative estimate of drug-likeness (QED) is 0.547. The molecular weight excluding hydrogens is 208 g/mol. The Morgan fingerprint density at radius 3 is 2.69 bits per heavy atom. The number of cyclic esters (lactones) is 1. The summed E-state index contributed by atoms with van der Waals surface area (Å²) in [5.41, 5.74) is 0.709. The van der Waals surface area contributed by atoms with Gasteiger partial charge in [0.25, 0.3) is 5.79 Å². The lowest BCUT2D eigenvalue weighted by Gasteiger charge is -2.19. The topological polar surface area (TPSA) is 66.8 Å². The van der Waals surface area contributed by atoms with E-state index in [2.05, 4.69) is 6.92 Å². The Morgan fingerprint density at radius 2 is 2.19 bits per heavy atom. The SMILES string of the molecule is CCCC/C=C/C1=C(C)[C@](O)(CO)OC1=O. The van der Waals surface area contributed by atoms with Crippen molar-refractivity contribution in [2.24, 2.45) is 0 Å². The van der Waals surface area contributed by atoms with E-state index in [9.17, 15) is 9.90 Å². The number of allylic oxidation sites excluding steroid dienone is 1. The highest BCUT2D eigenvalue weighted by Crippen LogP contribution is 2.30. The van der Waals surface area contributed by atoms with Crippen molar-refractivity contribution in [3.05, 3.63) is 23.3 Å². The van der Waals surface area contributed by atoms with E-state index >= 15 is 0 Å². The van der Waals surface area contributed by atoms with Gasteiger partial charge in [-0.1, -0.05) is 31.9 Å². The molecule has 1 aliphatic rings. The van der Waals surface area contributed by atoms with Gasteiger partial charge in [0.05, 0.1) is 5.57 Å². The fraction of sp³-hybridized carbons (Fsp3) is 0.583. The zero-order chi connectivity index (χ0) is 12.2. The molecule has 16 heavy (non-hydrogen) atoms. The second-order valence-corrected chi connectivity index (χ2v) is 3.92. The van der Waals surface area contributed by atoms with Crippen molar-refractivity contribution in [3.63, 3.8) is 0 Å². The van der Waals surface area contributed by atoms with Crippen molar-refractivity contribution in [3.8, 4) is 0 Å². The number of carbonyl (C=O) groups excluding carboxylic acids is 1. The van der Waals surface area contributed by atoms with Gasteiger partial charge < -0.3 is 14.9 Å². The molecule has 2 N–H and O–H groups in total. The molecule has 0 saturated carbocycles. The van der Waals surface area contributed by atoms with Gasteiger partial charge in [-0.3, -0.25) is 0 Å². The third kappa shape index (κ3) is 2.51. The van der Waals surface area contributed by atoms with E-state index in [0.717, 1.165) is 19.3 Å². The maximum Gasteiger partial charge on any atom is 0.341 e. The predicted molar refractivity (Wildman–Crippen MR) is 59.5 cm³/mol. The van der Waals surface area contributed by atoms with Gasteiger partial charge in [-0.2, -0.15) is 0 Å². The average Bonchev–Trinajstić information content (AvgIpc) is 2.48. The minimum absolute atomic E-state index is 0.340. The number of aliphatic hydroxyl groups excluding tert-OH is 1. The molecule has 1 aliphatic heterocycles. The van der Waals surface area contributed by atoms with Gasteiger partial charge in [-0.15, -0.1) is 0 Å². The third-order valence-electron chi connectivity index (χ3n) is 2.69. The molecule has 90 valence electrons. The number of esters is 1. The Balaban J connectivity index is 2.78. The molecule has 0 unspecified atom stereocenters. The number of carbonyl (C=O) groups is 1. The summed E-state index contributed by atoms with van der Waals surface area (Å²) in [5, 5.41) is 18.7. The van der Waals surface area contributed by atoms with Crippen molar-refractivity contribution in [1.82, 2.24) is 0 Å². The molecule has 0 aromatic carbocycles. The van der Waals surface area contributed by atoms with Crippen molar-refractivity contribution in [1.29, 1.82) is 0 Å². The van der Waals surface area contributed by atoms with E-state index in [1.165, 1.54) is 0 Å². The summed E-state index contributed by atoms with van der Waals surface area (Å²) in [6.07, 6.45) is 6.57. The number of hydrogen-bond acceptors (Lipinski definition) is 4. The summed E-state index contributed by atoms with van der Waals surface area (Å²) in [4.78, 5) is 11.4. The molecule has 0 radical (unpaired) electrons. The standard InChI is InChI=1S/C12H18O4/c1-3-4-5-6-7-10-9(2)12(15,8-13)16-11(10)14/h6-7,13,15H,3-5,8H2,1-2H3/b7-6+/t12-/m0/s1. The summed E-state index contributed by atoms with van der Waals surface area (Å²) >= 11 is 0. The van der Waals surface area contributed by atoms with Crippen LogP contribution in [0.3, 0.4) is 0 Å². The predicted octanol–water partition coefficient (Wildman–Crippen LogP) is 1.29. The van der Waals surface area contributed by atoms with Gasteiger partial charge in [0, 0.05) is 5.57 Å². The first-order chi connectivity index (χ1) is 7.55. The number of rotatable bonds is 5. The Hall–Kier alpha value is -1.13. The third-order valence-corrected chi connectivity index (χ3v) is 2.69. The zero-order valence-electron chi connectivity index (χ0n) is 9.69. The molecule has 0 bridgehead atoms. The van der Waals surface area contributed by atoms with Crippen molar-refractivity contribution in [2.75, 3.05) is 6.61 Å². The van der Waals surface area contributed by atoms with Crippen LogP contribution >= 0.6 is 0 Å². The van der Waals surface area contributed by atoms with Crippen molar-refractivity contribution >= 4 is 5.97 Å². The van der Waals surface area contributed by atoms with E-state index in [1.54, 1.807) is 13.0 Å². The fourth-order valence-electron chi connectivity index (χ4n) is 1.52. The highest BCUT2D eigenvalue weighted by Gasteiger charge is 2.42. The van der Waals surface area contributed by atoms with Crippen LogP contribution in [0.2, 0.25) is 0 Å². The second-order valence-electron chi connectivity index (χ2n) is 3.92. The van der Waals surface area contributed by atoms with Crippen LogP contribution < -0.4 is 0 Å². The highest BCUT2D eigenvalue weighted by molar-refractivity contribution is 5.95. The fourth-order valence-corrected chi connectivity index (χ4v) is 1.52. The Labute approximate surface area is 95.2 Å². The maximum atomic E-state index is 11.4. The summed E-state index contributed by atoms with van der Waals surface area (Å²) in [5.74, 6) is -2.41. The number of unbranched alkanes of at least 4 members (excludes halogenated alkanes) is 2. The Kier molecular flexibility index (Phi) is 4.26. The highest BCUT2D eigenvalue weighted by atomic mass is 16.7. The molecule has 0 aliphatic carbocycles. The van der Waals surface area contributed by atoms with Crippen LogP contribution in [-0.2, 0) is 9.53 Å². The normalized spacial score (nSPS) is 25.6. The van der Waals surface area contributed by atoms with Crippen molar-refractivity contribution in [2.45, 2.75) is 38.9 Å². The average molecular weight is 226 g/mol. The van der Waals surface area contributed by atoms with Gasteiger partial charge in [0.2, 0.25) is 0 Å². The number of aliphatic hydroxyl groups is 2. The van der Waals surface area contributed by atoms with Gasteiger partial charge >= 0.3 is 5.97 Å². The number of ether oxygens (including phenoxy) is 1. The maximum absolute atomic E-state index is 11.4. The van der Waals surface area contributed by atoms with Crippen molar-refractivity contribution < 1.29 is 19.7 Å². The molecule has 1 heterocycles. The Bertz CT molecular complexity index is 330. The van der Waals surface area contributed by atoms with Gasteiger partial charge in [-0.25, -0.2) is 4.79 Å². The first-order valence-electron chi connectivity index (χ1n) is 5.49. The summed E-state index contributed by atoms with van der Waals surface area (Å²) in [7, 11) is 0. The molecule has 0 amide bonds. The number of hydrogen-bond donors (Lipinski definition) is 2.